The van der Waals surface area contributed by atoms with Gasteiger partial charge in [-0.25, -0.2) is 0 Å². The highest BCUT2D eigenvalue weighted by Gasteiger charge is 2.11. The van der Waals surface area contributed by atoms with Crippen LogP contribution >= 0.6 is 15.9 Å². The molecule has 1 aromatic carbocycles. The topological polar surface area (TPSA) is 55.1 Å². The highest BCUT2D eigenvalue weighted by Crippen LogP contribution is 2.25. The maximum atomic E-state index is 11.5. The molecule has 1 rings (SSSR count). The van der Waals surface area contributed by atoms with Gasteiger partial charge < -0.3 is 11.1 Å². The Labute approximate surface area is 98.2 Å². The molecule has 3 nitrogen and oxygen atoms in total. The van der Waals surface area contributed by atoms with Crippen LogP contribution in [-0.4, -0.2) is 11.9 Å². The molecule has 1 amide bonds. The second-order valence-electron chi connectivity index (χ2n) is 3.69. The van der Waals surface area contributed by atoms with Gasteiger partial charge in [-0.05, 0) is 44.0 Å². The van der Waals surface area contributed by atoms with Gasteiger partial charge in [-0.15, -0.1) is 0 Å². The van der Waals surface area contributed by atoms with Crippen LogP contribution in [0.4, 0.5) is 5.69 Å². The fourth-order valence-electron chi connectivity index (χ4n) is 1.34. The summed E-state index contributed by atoms with van der Waals surface area (Å²) in [5.74, 6) is -0.163. The summed E-state index contributed by atoms with van der Waals surface area (Å²) in [7, 11) is 0. The number of halogens is 1. The Kier molecular flexibility index (Phi) is 3.88. The zero-order valence-corrected chi connectivity index (χ0v) is 10.7. The first kappa shape index (κ1) is 12.2. The Morgan fingerprint density at radius 3 is 2.27 bits per heavy atom. The van der Waals surface area contributed by atoms with E-state index in [2.05, 4.69) is 21.2 Å². The molecule has 0 heterocycles. The minimum Gasteiger partial charge on any atom is -0.324 e. The summed E-state index contributed by atoms with van der Waals surface area (Å²) in [6, 6.07) is 3.43. The van der Waals surface area contributed by atoms with Crippen molar-refractivity contribution < 1.29 is 4.79 Å². The molecule has 1 aromatic rings. The number of hydrogen-bond donors (Lipinski definition) is 2. The molecule has 1 atom stereocenters. The normalized spacial score (nSPS) is 12.3. The maximum absolute atomic E-state index is 11.5. The van der Waals surface area contributed by atoms with E-state index in [9.17, 15) is 4.79 Å². The van der Waals surface area contributed by atoms with E-state index in [0.29, 0.717) is 0 Å². The molecular weight excluding hydrogens is 256 g/mol. The molecule has 0 aromatic heterocycles. The predicted molar refractivity (Wildman–Crippen MR) is 65.9 cm³/mol. The monoisotopic (exact) mass is 270 g/mol. The van der Waals surface area contributed by atoms with Crippen molar-refractivity contribution in [2.24, 2.45) is 5.73 Å². The second-order valence-corrected chi connectivity index (χ2v) is 4.61. The van der Waals surface area contributed by atoms with Gasteiger partial charge in [0.05, 0.1) is 6.04 Å². The van der Waals surface area contributed by atoms with E-state index in [1.807, 2.05) is 26.0 Å². The average Bonchev–Trinajstić information content (AvgIpc) is 2.10. The van der Waals surface area contributed by atoms with E-state index in [0.717, 1.165) is 21.3 Å². The van der Waals surface area contributed by atoms with Gasteiger partial charge in [0.25, 0.3) is 0 Å². The van der Waals surface area contributed by atoms with Crippen LogP contribution in [0.2, 0.25) is 0 Å². The number of hydrogen-bond acceptors (Lipinski definition) is 2. The maximum Gasteiger partial charge on any atom is 0.241 e. The summed E-state index contributed by atoms with van der Waals surface area (Å²) >= 11 is 3.40. The molecule has 0 radical (unpaired) electrons. The molecule has 0 saturated carbocycles. The lowest BCUT2D eigenvalue weighted by molar-refractivity contribution is -0.117. The summed E-state index contributed by atoms with van der Waals surface area (Å²) in [6.45, 7) is 5.57. The van der Waals surface area contributed by atoms with E-state index >= 15 is 0 Å². The summed E-state index contributed by atoms with van der Waals surface area (Å²) in [4.78, 5) is 11.5. The highest BCUT2D eigenvalue weighted by molar-refractivity contribution is 9.10. The lowest BCUT2D eigenvalue weighted by atomic mass is 10.1. The highest BCUT2D eigenvalue weighted by atomic mass is 79.9. The molecule has 82 valence electrons. The third kappa shape index (κ3) is 3.04. The summed E-state index contributed by atoms with van der Waals surface area (Å²) in [5.41, 5.74) is 8.39. The Morgan fingerprint density at radius 1 is 1.40 bits per heavy atom. The van der Waals surface area contributed by atoms with Gasteiger partial charge in [-0.2, -0.15) is 0 Å². The van der Waals surface area contributed by atoms with Crippen molar-refractivity contribution in [2.45, 2.75) is 26.8 Å². The summed E-state index contributed by atoms with van der Waals surface area (Å²) < 4.78 is 1.01. The van der Waals surface area contributed by atoms with Crippen molar-refractivity contribution in [3.8, 4) is 0 Å². The molecule has 3 N–H and O–H groups in total. The minimum atomic E-state index is -0.493. The van der Waals surface area contributed by atoms with E-state index in [1.165, 1.54) is 0 Å². The Hall–Kier alpha value is -0.870. The predicted octanol–water partition coefficient (Wildman–Crippen LogP) is 2.35. The van der Waals surface area contributed by atoms with Gasteiger partial charge in [0.15, 0.2) is 0 Å². The third-order valence-electron chi connectivity index (χ3n) is 2.16. The zero-order valence-electron chi connectivity index (χ0n) is 9.10. The van der Waals surface area contributed by atoms with Crippen LogP contribution < -0.4 is 11.1 Å². The lowest BCUT2D eigenvalue weighted by Gasteiger charge is -2.13. The lowest BCUT2D eigenvalue weighted by Crippen LogP contribution is -2.32. The van der Waals surface area contributed by atoms with Crippen molar-refractivity contribution in [3.63, 3.8) is 0 Å². The van der Waals surface area contributed by atoms with Crippen molar-refractivity contribution in [1.29, 1.82) is 0 Å². The molecule has 0 aliphatic heterocycles. The number of nitrogens with two attached hydrogens (primary N) is 1. The van der Waals surface area contributed by atoms with Crippen molar-refractivity contribution in [2.75, 3.05) is 5.32 Å². The van der Waals surface area contributed by atoms with E-state index in [4.69, 9.17) is 5.73 Å². The fraction of sp³-hybridized carbons (Fsp3) is 0.364. The van der Waals surface area contributed by atoms with Crippen molar-refractivity contribution in [3.05, 3.63) is 27.7 Å². The number of carbonyl (C=O) groups is 1. The van der Waals surface area contributed by atoms with Gasteiger partial charge >= 0.3 is 0 Å². The van der Waals surface area contributed by atoms with Gasteiger partial charge in [0.2, 0.25) is 5.91 Å². The number of rotatable bonds is 2. The van der Waals surface area contributed by atoms with E-state index in [-0.39, 0.29) is 5.91 Å². The first-order valence-corrected chi connectivity index (χ1v) is 5.54. The van der Waals surface area contributed by atoms with Crippen LogP contribution in [0.25, 0.3) is 0 Å². The minimum absolute atomic E-state index is 0.163. The van der Waals surface area contributed by atoms with Gasteiger partial charge in [-0.1, -0.05) is 15.9 Å². The fourth-order valence-corrected chi connectivity index (χ4v) is 2.03. The summed E-state index contributed by atoms with van der Waals surface area (Å²) in [5, 5.41) is 2.82. The summed E-state index contributed by atoms with van der Waals surface area (Å²) in [6.07, 6.45) is 0. The molecule has 0 spiro atoms. The van der Waals surface area contributed by atoms with Crippen molar-refractivity contribution in [1.82, 2.24) is 0 Å². The van der Waals surface area contributed by atoms with Gasteiger partial charge in [-0.3, -0.25) is 4.79 Å². The Morgan fingerprint density at radius 2 is 1.87 bits per heavy atom. The van der Waals surface area contributed by atoms with Crippen LogP contribution in [0.3, 0.4) is 0 Å². The zero-order chi connectivity index (χ0) is 11.6. The first-order chi connectivity index (χ1) is 6.91. The quantitative estimate of drug-likeness (QED) is 0.867. The van der Waals surface area contributed by atoms with Gasteiger partial charge in [0, 0.05) is 10.2 Å². The molecule has 4 heteroatoms. The number of amides is 1. The molecule has 0 saturated heterocycles. The van der Waals surface area contributed by atoms with Crippen LogP contribution in [0.1, 0.15) is 18.1 Å². The second kappa shape index (κ2) is 4.77. The number of nitrogens with one attached hydrogen (secondary N) is 1. The Balaban J connectivity index is 3.00. The van der Waals surface area contributed by atoms with Gasteiger partial charge in [0.1, 0.15) is 0 Å². The molecule has 0 aliphatic carbocycles. The molecule has 0 aliphatic rings. The van der Waals surface area contributed by atoms with Crippen LogP contribution in [-0.2, 0) is 4.79 Å². The number of aryl methyl sites for hydroxylation is 2. The largest absolute Gasteiger partial charge is 0.324 e. The Bertz CT molecular complexity index is 365. The average molecular weight is 271 g/mol. The van der Waals surface area contributed by atoms with E-state index in [1.54, 1.807) is 6.92 Å². The molecule has 0 fully saturated rings. The molecule has 15 heavy (non-hydrogen) atoms. The van der Waals surface area contributed by atoms with E-state index < -0.39 is 6.04 Å². The van der Waals surface area contributed by atoms with Crippen LogP contribution in [0.15, 0.2) is 16.6 Å². The van der Waals surface area contributed by atoms with Crippen molar-refractivity contribution >= 4 is 27.5 Å². The number of anilines is 1. The third-order valence-corrected chi connectivity index (χ3v) is 2.62. The molecule has 0 unspecified atom stereocenters. The van der Waals surface area contributed by atoms with Crippen LogP contribution in [0.5, 0.6) is 0 Å². The van der Waals surface area contributed by atoms with Crippen LogP contribution in [0, 0.1) is 13.8 Å². The first-order valence-electron chi connectivity index (χ1n) is 4.75. The molecule has 0 bridgehead atoms. The number of benzene rings is 1. The number of carbonyl (C=O) groups excluding carboxylic acids is 1. The molecular formula is C11H15BrN2O. The SMILES string of the molecule is Cc1cc(Br)cc(C)c1NC(=O)[C@@H](C)N. The smallest absolute Gasteiger partial charge is 0.241 e. The standard InChI is InChI=1S/C11H15BrN2O/c1-6-4-9(12)5-7(2)10(6)14-11(15)8(3)13/h4-5,8H,13H2,1-3H3,(H,14,15)/t8-/m1/s1.